The molecule has 2 aromatic carbocycles. The number of halogens is 3. The Labute approximate surface area is 152 Å². The molecule has 0 N–H and O–H groups in total. The SMILES string of the molecule is O=S(=O)(Cc1cc(Cl)cc(Cl)c1)c1nc(-c2ccc(F)cc2)cs1. The highest BCUT2D eigenvalue weighted by Crippen LogP contribution is 2.28. The Morgan fingerprint density at radius 2 is 1.67 bits per heavy atom. The lowest BCUT2D eigenvalue weighted by atomic mass is 10.2. The number of nitrogens with zero attached hydrogens (tertiary/aromatic N) is 1. The Morgan fingerprint density at radius 1 is 1.04 bits per heavy atom. The molecule has 0 aliphatic rings. The second kappa shape index (κ2) is 6.80. The number of aromatic nitrogens is 1. The van der Waals surface area contributed by atoms with Crippen LogP contribution in [0.25, 0.3) is 11.3 Å². The lowest BCUT2D eigenvalue weighted by Gasteiger charge is -2.03. The molecule has 0 saturated carbocycles. The summed E-state index contributed by atoms with van der Waals surface area (Å²) in [6.07, 6.45) is 0. The van der Waals surface area contributed by atoms with Gasteiger partial charge in [-0.15, -0.1) is 11.3 Å². The van der Waals surface area contributed by atoms with E-state index in [4.69, 9.17) is 23.2 Å². The van der Waals surface area contributed by atoms with Gasteiger partial charge in [0.05, 0.1) is 11.4 Å². The average Bonchev–Trinajstić information content (AvgIpc) is 2.97. The fourth-order valence-corrected chi connectivity index (χ4v) is 5.13. The topological polar surface area (TPSA) is 47.0 Å². The molecule has 3 rings (SSSR count). The van der Waals surface area contributed by atoms with Gasteiger partial charge in [0.1, 0.15) is 5.82 Å². The van der Waals surface area contributed by atoms with Crippen molar-refractivity contribution in [2.24, 2.45) is 0 Å². The maximum absolute atomic E-state index is 13.0. The first-order chi connectivity index (χ1) is 11.3. The van der Waals surface area contributed by atoms with E-state index in [-0.39, 0.29) is 15.9 Å². The molecule has 0 unspecified atom stereocenters. The van der Waals surface area contributed by atoms with Crippen LogP contribution in [0.4, 0.5) is 4.39 Å². The lowest BCUT2D eigenvalue weighted by molar-refractivity contribution is 0.594. The minimum absolute atomic E-state index is 0.00192. The average molecular weight is 402 g/mol. The van der Waals surface area contributed by atoms with Crippen LogP contribution in [-0.2, 0) is 15.6 Å². The van der Waals surface area contributed by atoms with Crippen LogP contribution in [0.3, 0.4) is 0 Å². The maximum atomic E-state index is 13.0. The van der Waals surface area contributed by atoms with Crippen molar-refractivity contribution in [2.45, 2.75) is 10.1 Å². The summed E-state index contributed by atoms with van der Waals surface area (Å²) in [6.45, 7) is 0. The predicted octanol–water partition coefficient (Wildman–Crippen LogP) is 5.23. The van der Waals surface area contributed by atoms with Crippen LogP contribution in [0.5, 0.6) is 0 Å². The minimum atomic E-state index is -3.63. The van der Waals surface area contributed by atoms with Gasteiger partial charge in [0.2, 0.25) is 14.2 Å². The summed E-state index contributed by atoms with van der Waals surface area (Å²) in [5.41, 5.74) is 1.63. The monoisotopic (exact) mass is 401 g/mol. The molecular formula is C16H10Cl2FNO2S2. The Hall–Kier alpha value is -1.47. The van der Waals surface area contributed by atoms with Gasteiger partial charge in [-0.1, -0.05) is 23.2 Å². The van der Waals surface area contributed by atoms with E-state index in [2.05, 4.69) is 4.98 Å². The third kappa shape index (κ3) is 3.95. The summed E-state index contributed by atoms with van der Waals surface area (Å²) in [4.78, 5) is 4.16. The molecule has 0 aliphatic heterocycles. The molecule has 0 saturated heterocycles. The Kier molecular flexibility index (Phi) is 4.92. The first-order valence-corrected chi connectivity index (χ1v) is 10.0. The quantitative estimate of drug-likeness (QED) is 0.601. The second-order valence-electron chi connectivity index (χ2n) is 5.04. The molecular weight excluding hydrogens is 392 g/mol. The predicted molar refractivity (Wildman–Crippen MR) is 94.9 cm³/mol. The van der Waals surface area contributed by atoms with Gasteiger partial charge in [0.25, 0.3) is 0 Å². The number of rotatable bonds is 4. The van der Waals surface area contributed by atoms with Crippen molar-refractivity contribution < 1.29 is 12.8 Å². The highest BCUT2D eigenvalue weighted by molar-refractivity contribution is 7.92. The normalized spacial score (nSPS) is 11.6. The van der Waals surface area contributed by atoms with Gasteiger partial charge in [-0.25, -0.2) is 17.8 Å². The van der Waals surface area contributed by atoms with Crippen molar-refractivity contribution in [3.63, 3.8) is 0 Å². The Balaban J connectivity index is 1.89. The van der Waals surface area contributed by atoms with Crippen LogP contribution >= 0.6 is 34.5 Å². The van der Waals surface area contributed by atoms with Gasteiger partial charge in [0, 0.05) is 21.0 Å². The van der Waals surface area contributed by atoms with E-state index in [1.807, 2.05) is 0 Å². The number of hydrogen-bond acceptors (Lipinski definition) is 4. The van der Waals surface area contributed by atoms with E-state index in [1.165, 1.54) is 18.2 Å². The van der Waals surface area contributed by atoms with Crippen molar-refractivity contribution in [2.75, 3.05) is 0 Å². The standard InChI is InChI=1S/C16H10Cl2FNO2S2/c17-12-5-10(6-13(18)7-12)9-24(21,22)16-20-15(8-23-16)11-1-3-14(19)4-2-11/h1-8H,9H2. The van der Waals surface area contributed by atoms with Crippen molar-refractivity contribution in [1.82, 2.24) is 4.98 Å². The van der Waals surface area contributed by atoms with Crippen LogP contribution < -0.4 is 0 Å². The number of thiazole rings is 1. The van der Waals surface area contributed by atoms with Gasteiger partial charge < -0.3 is 0 Å². The third-order valence-electron chi connectivity index (χ3n) is 3.17. The molecule has 3 aromatic rings. The molecule has 0 radical (unpaired) electrons. The largest absolute Gasteiger partial charge is 0.225 e. The second-order valence-corrected chi connectivity index (χ2v) is 8.94. The van der Waals surface area contributed by atoms with Crippen molar-refractivity contribution in [1.29, 1.82) is 0 Å². The van der Waals surface area contributed by atoms with Crippen molar-refractivity contribution in [3.05, 3.63) is 69.3 Å². The number of hydrogen-bond donors (Lipinski definition) is 0. The Bertz CT molecular complexity index is 965. The fraction of sp³-hybridized carbons (Fsp3) is 0.0625. The summed E-state index contributed by atoms with van der Waals surface area (Å²) >= 11 is 12.8. The third-order valence-corrected chi connectivity index (χ3v) is 6.63. The molecule has 1 aromatic heterocycles. The highest BCUT2D eigenvalue weighted by Gasteiger charge is 2.20. The zero-order valence-corrected chi connectivity index (χ0v) is 15.2. The molecule has 0 spiro atoms. The van der Waals surface area contributed by atoms with Gasteiger partial charge in [-0.05, 0) is 48.0 Å². The molecule has 0 atom stereocenters. The molecule has 3 nitrogen and oxygen atoms in total. The van der Waals surface area contributed by atoms with E-state index >= 15 is 0 Å². The summed E-state index contributed by atoms with van der Waals surface area (Å²) in [5.74, 6) is -0.608. The van der Waals surface area contributed by atoms with E-state index < -0.39 is 9.84 Å². The molecule has 8 heteroatoms. The van der Waals surface area contributed by atoms with Crippen LogP contribution in [0.1, 0.15) is 5.56 Å². The summed E-state index contributed by atoms with van der Waals surface area (Å²) in [6, 6.07) is 10.4. The first-order valence-electron chi connectivity index (χ1n) is 6.73. The summed E-state index contributed by atoms with van der Waals surface area (Å²) in [5, 5.41) is 2.38. The minimum Gasteiger partial charge on any atom is -0.225 e. The van der Waals surface area contributed by atoms with Crippen LogP contribution in [-0.4, -0.2) is 13.4 Å². The molecule has 124 valence electrons. The van der Waals surface area contributed by atoms with Gasteiger partial charge in [-0.2, -0.15) is 0 Å². The van der Waals surface area contributed by atoms with Gasteiger partial charge in [-0.3, -0.25) is 0 Å². The Morgan fingerprint density at radius 3 is 2.29 bits per heavy atom. The maximum Gasteiger partial charge on any atom is 0.210 e. The smallest absolute Gasteiger partial charge is 0.210 e. The number of benzene rings is 2. The summed E-state index contributed by atoms with van der Waals surface area (Å²) < 4.78 is 38.0. The van der Waals surface area contributed by atoms with E-state index in [9.17, 15) is 12.8 Å². The van der Waals surface area contributed by atoms with Gasteiger partial charge in [0.15, 0.2) is 0 Å². The van der Waals surface area contributed by atoms with Crippen LogP contribution in [0.15, 0.2) is 52.2 Å². The van der Waals surface area contributed by atoms with Crippen molar-refractivity contribution >= 4 is 44.4 Å². The van der Waals surface area contributed by atoms with Crippen LogP contribution in [0.2, 0.25) is 10.0 Å². The molecule has 0 aliphatic carbocycles. The first kappa shape index (κ1) is 17.4. The molecule has 0 bridgehead atoms. The molecule has 1 heterocycles. The van der Waals surface area contributed by atoms with Crippen LogP contribution in [0, 0.1) is 5.82 Å². The van der Waals surface area contributed by atoms with E-state index in [0.29, 0.717) is 26.9 Å². The fourth-order valence-electron chi connectivity index (χ4n) is 2.13. The molecule has 24 heavy (non-hydrogen) atoms. The van der Waals surface area contributed by atoms with Crippen molar-refractivity contribution in [3.8, 4) is 11.3 Å². The van der Waals surface area contributed by atoms with Gasteiger partial charge >= 0.3 is 0 Å². The molecule has 0 amide bonds. The zero-order chi connectivity index (χ0) is 17.3. The highest BCUT2D eigenvalue weighted by atomic mass is 35.5. The number of sulfone groups is 1. The zero-order valence-electron chi connectivity index (χ0n) is 12.0. The van der Waals surface area contributed by atoms with E-state index in [1.54, 1.807) is 29.6 Å². The lowest BCUT2D eigenvalue weighted by Crippen LogP contribution is -2.04. The molecule has 0 fully saturated rings. The van der Waals surface area contributed by atoms with E-state index in [0.717, 1.165) is 11.3 Å². The summed E-state index contributed by atoms with van der Waals surface area (Å²) in [7, 11) is -3.63.